The number of benzene rings is 2. The molecule has 26 heavy (non-hydrogen) atoms. The first-order chi connectivity index (χ1) is 12.5. The summed E-state index contributed by atoms with van der Waals surface area (Å²) in [5, 5.41) is 10.6. The van der Waals surface area contributed by atoms with Crippen LogP contribution < -0.4 is 4.74 Å². The topological polar surface area (TPSA) is 91.8 Å². The van der Waals surface area contributed by atoms with E-state index in [2.05, 4.69) is 15.9 Å². The van der Waals surface area contributed by atoms with Gasteiger partial charge in [-0.25, -0.2) is 4.79 Å². The second kappa shape index (κ2) is 7.83. The van der Waals surface area contributed by atoms with Crippen molar-refractivity contribution < 1.29 is 23.6 Å². The van der Waals surface area contributed by atoms with Crippen molar-refractivity contribution >= 4 is 27.6 Å². The molecule has 3 aromatic rings. The fourth-order valence-electron chi connectivity index (χ4n) is 2.07. The zero-order valence-corrected chi connectivity index (χ0v) is 14.8. The lowest BCUT2D eigenvalue weighted by atomic mass is 10.2. The molecule has 0 N–H and O–H groups in total. The number of furan rings is 1. The molecule has 1 aromatic heterocycles. The second-order valence-corrected chi connectivity index (χ2v) is 5.96. The van der Waals surface area contributed by atoms with Crippen LogP contribution in [0.1, 0.15) is 16.1 Å². The van der Waals surface area contributed by atoms with E-state index in [1.807, 2.05) is 0 Å². The number of nitro groups is 1. The van der Waals surface area contributed by atoms with Crippen molar-refractivity contribution in [2.45, 2.75) is 6.61 Å². The molecule has 7 nitrogen and oxygen atoms in total. The molecule has 1 heterocycles. The molecule has 0 fully saturated rings. The Morgan fingerprint density at radius 2 is 1.62 bits per heavy atom. The molecule has 0 atom stereocenters. The minimum absolute atomic E-state index is 0.00176. The molecular weight excluding hydrogens is 406 g/mol. The standard InChI is InChI=1S/C18H12BrNO6/c19-17-10-9-16(26-17)18(21)24-11-12-1-5-14(6-2-12)25-15-7-3-13(4-8-15)20(22)23/h1-10H,11H2. The van der Waals surface area contributed by atoms with Crippen molar-refractivity contribution in [2.24, 2.45) is 0 Å². The van der Waals surface area contributed by atoms with Gasteiger partial charge in [0.05, 0.1) is 4.92 Å². The number of carbonyl (C=O) groups is 1. The molecule has 3 rings (SSSR count). The number of rotatable bonds is 6. The summed E-state index contributed by atoms with van der Waals surface area (Å²) < 4.78 is 16.4. The van der Waals surface area contributed by atoms with Gasteiger partial charge in [0, 0.05) is 12.1 Å². The highest BCUT2D eigenvalue weighted by Crippen LogP contribution is 2.24. The van der Waals surface area contributed by atoms with Crippen LogP contribution in [0.5, 0.6) is 11.5 Å². The van der Waals surface area contributed by atoms with Gasteiger partial charge in [-0.15, -0.1) is 0 Å². The number of carbonyl (C=O) groups excluding carboxylic acids is 1. The lowest BCUT2D eigenvalue weighted by Gasteiger charge is -2.07. The molecule has 0 bridgehead atoms. The van der Waals surface area contributed by atoms with Gasteiger partial charge in [0.25, 0.3) is 5.69 Å². The van der Waals surface area contributed by atoms with E-state index in [1.54, 1.807) is 30.3 Å². The zero-order valence-electron chi connectivity index (χ0n) is 13.3. The van der Waals surface area contributed by atoms with E-state index in [-0.39, 0.29) is 18.1 Å². The lowest BCUT2D eigenvalue weighted by molar-refractivity contribution is -0.384. The summed E-state index contributed by atoms with van der Waals surface area (Å²) in [5.41, 5.74) is 0.776. The third kappa shape index (κ3) is 4.48. The quantitative estimate of drug-likeness (QED) is 0.314. The van der Waals surface area contributed by atoms with Crippen molar-refractivity contribution in [3.8, 4) is 11.5 Å². The van der Waals surface area contributed by atoms with Crippen molar-refractivity contribution in [1.82, 2.24) is 0 Å². The van der Waals surface area contributed by atoms with E-state index in [4.69, 9.17) is 13.9 Å². The molecule has 0 aliphatic heterocycles. The third-order valence-corrected chi connectivity index (χ3v) is 3.78. The number of hydrogen-bond acceptors (Lipinski definition) is 6. The van der Waals surface area contributed by atoms with Crippen molar-refractivity contribution in [1.29, 1.82) is 0 Å². The molecule has 0 saturated carbocycles. The molecule has 0 aliphatic carbocycles. The summed E-state index contributed by atoms with van der Waals surface area (Å²) >= 11 is 3.12. The van der Waals surface area contributed by atoms with E-state index >= 15 is 0 Å². The zero-order chi connectivity index (χ0) is 18.5. The first-order valence-electron chi connectivity index (χ1n) is 7.45. The first kappa shape index (κ1) is 17.7. The average molecular weight is 418 g/mol. The van der Waals surface area contributed by atoms with Gasteiger partial charge in [-0.3, -0.25) is 10.1 Å². The summed E-state index contributed by atoms with van der Waals surface area (Å²) in [6, 6.07) is 15.9. The number of non-ortho nitro benzene ring substituents is 1. The Kier molecular flexibility index (Phi) is 5.33. The SMILES string of the molecule is O=C(OCc1ccc(Oc2ccc([N+](=O)[O-])cc2)cc1)c1ccc(Br)o1. The Balaban J connectivity index is 1.56. The molecule has 0 spiro atoms. The van der Waals surface area contributed by atoms with Crippen LogP contribution in [-0.2, 0) is 11.3 Å². The van der Waals surface area contributed by atoms with E-state index < -0.39 is 10.9 Å². The van der Waals surface area contributed by atoms with E-state index in [0.29, 0.717) is 16.2 Å². The predicted octanol–water partition coefficient (Wildman–Crippen LogP) is 5.10. The van der Waals surface area contributed by atoms with Crippen LogP contribution in [-0.4, -0.2) is 10.9 Å². The van der Waals surface area contributed by atoms with Crippen LogP contribution in [0.25, 0.3) is 0 Å². The van der Waals surface area contributed by atoms with E-state index in [9.17, 15) is 14.9 Å². The molecule has 0 amide bonds. The highest BCUT2D eigenvalue weighted by atomic mass is 79.9. The summed E-state index contributed by atoms with van der Waals surface area (Å²) in [7, 11) is 0. The largest absolute Gasteiger partial charge is 0.457 e. The molecule has 0 unspecified atom stereocenters. The van der Waals surface area contributed by atoms with E-state index in [0.717, 1.165) is 5.56 Å². The second-order valence-electron chi connectivity index (χ2n) is 5.18. The smallest absolute Gasteiger partial charge is 0.374 e. The number of halogens is 1. The van der Waals surface area contributed by atoms with Crippen molar-refractivity contribution in [3.05, 3.63) is 86.8 Å². The normalized spacial score (nSPS) is 10.3. The predicted molar refractivity (Wildman–Crippen MR) is 95.1 cm³/mol. The summed E-state index contributed by atoms with van der Waals surface area (Å²) in [5.74, 6) is 0.610. The van der Waals surface area contributed by atoms with Gasteiger partial charge in [-0.05, 0) is 57.9 Å². The van der Waals surface area contributed by atoms with Crippen LogP contribution in [0, 0.1) is 10.1 Å². The average Bonchev–Trinajstić information content (AvgIpc) is 3.08. The van der Waals surface area contributed by atoms with Crippen LogP contribution in [0.2, 0.25) is 0 Å². The number of esters is 1. The Hall–Kier alpha value is -3.13. The van der Waals surface area contributed by atoms with Crippen LogP contribution in [0.4, 0.5) is 5.69 Å². The minimum atomic E-state index is -0.554. The fourth-order valence-corrected chi connectivity index (χ4v) is 2.38. The van der Waals surface area contributed by atoms with Gasteiger partial charge in [0.2, 0.25) is 5.76 Å². The van der Waals surface area contributed by atoms with Crippen molar-refractivity contribution in [3.63, 3.8) is 0 Å². The fraction of sp³-hybridized carbons (Fsp3) is 0.0556. The Bertz CT molecular complexity index is 918. The summed E-state index contributed by atoms with van der Waals surface area (Å²) in [4.78, 5) is 22.0. The highest BCUT2D eigenvalue weighted by Gasteiger charge is 2.12. The molecular formula is C18H12BrNO6. The van der Waals surface area contributed by atoms with Crippen LogP contribution >= 0.6 is 15.9 Å². The molecule has 0 radical (unpaired) electrons. The lowest BCUT2D eigenvalue weighted by Crippen LogP contribution is -2.03. The molecule has 0 saturated heterocycles. The van der Waals surface area contributed by atoms with Gasteiger partial charge in [0.1, 0.15) is 18.1 Å². The van der Waals surface area contributed by atoms with E-state index in [1.165, 1.54) is 30.3 Å². The molecule has 8 heteroatoms. The van der Waals surface area contributed by atoms with Crippen molar-refractivity contribution in [2.75, 3.05) is 0 Å². The molecule has 0 aliphatic rings. The van der Waals surface area contributed by atoms with Gasteiger partial charge < -0.3 is 13.9 Å². The number of nitrogens with zero attached hydrogens (tertiary/aromatic N) is 1. The highest BCUT2D eigenvalue weighted by molar-refractivity contribution is 9.10. The number of ether oxygens (including phenoxy) is 2. The van der Waals surface area contributed by atoms with Gasteiger partial charge >= 0.3 is 5.97 Å². The first-order valence-corrected chi connectivity index (χ1v) is 8.24. The maximum Gasteiger partial charge on any atom is 0.374 e. The molecule has 2 aromatic carbocycles. The number of hydrogen-bond donors (Lipinski definition) is 0. The van der Waals surface area contributed by atoms with Crippen LogP contribution in [0.15, 0.2) is 69.8 Å². The third-order valence-electron chi connectivity index (χ3n) is 3.35. The Labute approximate surface area is 156 Å². The van der Waals surface area contributed by atoms with Gasteiger partial charge in [-0.1, -0.05) is 12.1 Å². The monoisotopic (exact) mass is 417 g/mol. The summed E-state index contributed by atoms with van der Waals surface area (Å²) in [6.07, 6.45) is 0. The Morgan fingerprint density at radius 1 is 1.00 bits per heavy atom. The van der Waals surface area contributed by atoms with Gasteiger partial charge in [-0.2, -0.15) is 0 Å². The Morgan fingerprint density at radius 3 is 2.15 bits per heavy atom. The maximum absolute atomic E-state index is 11.8. The van der Waals surface area contributed by atoms with Gasteiger partial charge in [0.15, 0.2) is 4.67 Å². The van der Waals surface area contributed by atoms with Crippen LogP contribution in [0.3, 0.4) is 0 Å². The summed E-state index contributed by atoms with van der Waals surface area (Å²) in [6.45, 7) is 0.0922. The maximum atomic E-state index is 11.8. The minimum Gasteiger partial charge on any atom is -0.457 e. The molecule has 132 valence electrons. The number of nitro benzene ring substituents is 1.